The Balaban J connectivity index is 2.13. The number of hydrogen-bond acceptors (Lipinski definition) is 3. The molecule has 0 aliphatic heterocycles. The van der Waals surface area contributed by atoms with E-state index < -0.39 is 4.92 Å². The topological polar surface area (TPSA) is 52.4 Å². The molecule has 0 amide bonds. The third-order valence-electron chi connectivity index (χ3n) is 2.52. The van der Waals surface area contributed by atoms with Crippen LogP contribution in [0.2, 0.25) is 5.02 Å². The lowest BCUT2D eigenvalue weighted by molar-refractivity contribution is -0.384. The lowest BCUT2D eigenvalue weighted by atomic mass is 10.2. The molecule has 0 saturated carbocycles. The van der Waals surface area contributed by atoms with Crippen molar-refractivity contribution in [3.63, 3.8) is 0 Å². The zero-order valence-electron chi connectivity index (χ0n) is 9.98. The fraction of sp³-hybridized carbons (Fsp3) is 0.0769. The summed E-state index contributed by atoms with van der Waals surface area (Å²) in [6, 6.07) is 8.50. The van der Waals surface area contributed by atoms with E-state index in [4.69, 9.17) is 16.3 Å². The fourth-order valence-corrected chi connectivity index (χ4v) is 2.19. The van der Waals surface area contributed by atoms with Crippen molar-refractivity contribution >= 4 is 33.2 Å². The molecule has 0 heterocycles. The Labute approximate surface area is 127 Å². The van der Waals surface area contributed by atoms with Gasteiger partial charge < -0.3 is 4.74 Å². The maximum atomic E-state index is 13.5. The van der Waals surface area contributed by atoms with E-state index in [1.54, 1.807) is 12.1 Å². The molecule has 2 aromatic rings. The molecule has 0 atom stereocenters. The van der Waals surface area contributed by atoms with E-state index in [0.717, 1.165) is 4.47 Å². The Hall–Kier alpha value is -1.66. The summed E-state index contributed by atoms with van der Waals surface area (Å²) in [5.41, 5.74) is 0.168. The van der Waals surface area contributed by atoms with Crippen molar-refractivity contribution in [2.75, 3.05) is 0 Å². The highest BCUT2D eigenvalue weighted by Crippen LogP contribution is 2.29. The molecule has 2 rings (SSSR count). The van der Waals surface area contributed by atoms with Crippen LogP contribution in [0.3, 0.4) is 0 Å². The summed E-state index contributed by atoms with van der Waals surface area (Å²) in [5, 5.41) is 10.6. The standard InChI is InChI=1S/C13H8BrClFNO3/c14-9-1-3-12(16)8(5-9)7-20-10-2-4-13(17(18)19)11(15)6-10/h1-6H,7H2. The van der Waals surface area contributed by atoms with E-state index in [-0.39, 0.29) is 23.1 Å². The maximum Gasteiger partial charge on any atom is 0.288 e. The van der Waals surface area contributed by atoms with Gasteiger partial charge in [0, 0.05) is 22.2 Å². The Morgan fingerprint density at radius 1 is 1.30 bits per heavy atom. The SMILES string of the molecule is O=[N+]([O-])c1ccc(OCc2cc(Br)ccc2F)cc1Cl. The Bertz CT molecular complexity index is 666. The van der Waals surface area contributed by atoms with Crippen molar-refractivity contribution in [2.45, 2.75) is 6.61 Å². The summed E-state index contributed by atoms with van der Waals surface area (Å²) in [4.78, 5) is 10.0. The van der Waals surface area contributed by atoms with E-state index in [0.29, 0.717) is 11.3 Å². The Morgan fingerprint density at radius 3 is 2.70 bits per heavy atom. The zero-order chi connectivity index (χ0) is 14.7. The number of ether oxygens (including phenoxy) is 1. The van der Waals surface area contributed by atoms with Crippen LogP contribution in [0.4, 0.5) is 10.1 Å². The zero-order valence-corrected chi connectivity index (χ0v) is 12.3. The highest BCUT2D eigenvalue weighted by molar-refractivity contribution is 9.10. The van der Waals surface area contributed by atoms with Crippen LogP contribution < -0.4 is 4.74 Å². The number of halogens is 3. The van der Waals surface area contributed by atoms with Gasteiger partial charge >= 0.3 is 0 Å². The highest BCUT2D eigenvalue weighted by Gasteiger charge is 2.13. The molecule has 0 aliphatic carbocycles. The number of nitro groups is 1. The van der Waals surface area contributed by atoms with Gasteiger partial charge in [-0.3, -0.25) is 10.1 Å². The lowest BCUT2D eigenvalue weighted by Gasteiger charge is -2.08. The van der Waals surface area contributed by atoms with Crippen LogP contribution in [0.1, 0.15) is 5.56 Å². The Morgan fingerprint density at radius 2 is 2.05 bits per heavy atom. The molecule has 0 fully saturated rings. The molecule has 0 spiro atoms. The largest absolute Gasteiger partial charge is 0.489 e. The van der Waals surface area contributed by atoms with Gasteiger partial charge in [0.15, 0.2) is 0 Å². The first kappa shape index (κ1) is 14.7. The van der Waals surface area contributed by atoms with Crippen LogP contribution in [0.5, 0.6) is 5.75 Å². The third-order valence-corrected chi connectivity index (χ3v) is 3.31. The molecule has 0 unspecified atom stereocenters. The summed E-state index contributed by atoms with van der Waals surface area (Å²) < 4.78 is 19.6. The van der Waals surface area contributed by atoms with Crippen molar-refractivity contribution in [2.24, 2.45) is 0 Å². The average molecular weight is 361 g/mol. The summed E-state index contributed by atoms with van der Waals surface area (Å²) in [5.74, 6) is -0.0545. The number of nitrogens with zero attached hydrogens (tertiary/aromatic N) is 1. The van der Waals surface area contributed by atoms with Crippen molar-refractivity contribution in [1.29, 1.82) is 0 Å². The molecule has 7 heteroatoms. The molecular weight excluding hydrogens is 353 g/mol. The smallest absolute Gasteiger partial charge is 0.288 e. The quantitative estimate of drug-likeness (QED) is 0.585. The minimum Gasteiger partial charge on any atom is -0.489 e. The maximum absolute atomic E-state index is 13.5. The molecule has 104 valence electrons. The second-order valence-corrected chi connectivity index (χ2v) is 5.22. The van der Waals surface area contributed by atoms with Crippen LogP contribution in [0.15, 0.2) is 40.9 Å². The van der Waals surface area contributed by atoms with Crippen molar-refractivity contribution in [3.05, 3.63) is 67.4 Å². The van der Waals surface area contributed by atoms with Crippen molar-refractivity contribution < 1.29 is 14.1 Å². The van der Waals surface area contributed by atoms with Gasteiger partial charge in [0.2, 0.25) is 0 Å². The van der Waals surface area contributed by atoms with E-state index in [1.165, 1.54) is 24.3 Å². The minimum atomic E-state index is -0.583. The second-order valence-electron chi connectivity index (χ2n) is 3.89. The molecule has 0 saturated heterocycles. The van der Waals surface area contributed by atoms with Crippen LogP contribution in [-0.4, -0.2) is 4.92 Å². The van der Waals surface area contributed by atoms with Crippen LogP contribution in [-0.2, 0) is 6.61 Å². The molecule has 4 nitrogen and oxygen atoms in total. The molecule has 0 aliphatic rings. The predicted octanol–water partition coefficient (Wildman–Crippen LogP) is 4.73. The van der Waals surface area contributed by atoms with Crippen LogP contribution in [0, 0.1) is 15.9 Å². The summed E-state index contributed by atoms with van der Waals surface area (Å²) in [7, 11) is 0. The van der Waals surface area contributed by atoms with E-state index in [1.807, 2.05) is 0 Å². The molecular formula is C13H8BrClFNO3. The normalized spacial score (nSPS) is 10.3. The molecule has 0 aromatic heterocycles. The first-order chi connectivity index (χ1) is 9.47. The molecule has 0 bridgehead atoms. The van der Waals surface area contributed by atoms with Crippen molar-refractivity contribution in [1.82, 2.24) is 0 Å². The first-order valence-electron chi connectivity index (χ1n) is 5.48. The molecule has 0 radical (unpaired) electrons. The van der Waals surface area contributed by atoms with Gasteiger partial charge in [-0.05, 0) is 24.3 Å². The monoisotopic (exact) mass is 359 g/mol. The Kier molecular flexibility index (Phi) is 4.57. The number of benzene rings is 2. The molecule has 20 heavy (non-hydrogen) atoms. The van der Waals surface area contributed by atoms with E-state index in [2.05, 4.69) is 15.9 Å². The van der Waals surface area contributed by atoms with Gasteiger partial charge in [0.1, 0.15) is 23.2 Å². The van der Waals surface area contributed by atoms with Gasteiger partial charge in [-0.2, -0.15) is 0 Å². The summed E-state index contributed by atoms with van der Waals surface area (Å²) in [6.45, 7) is -0.000582. The van der Waals surface area contributed by atoms with Crippen LogP contribution in [0.25, 0.3) is 0 Å². The molecule has 2 aromatic carbocycles. The van der Waals surface area contributed by atoms with E-state index in [9.17, 15) is 14.5 Å². The van der Waals surface area contributed by atoms with Gasteiger partial charge in [0.05, 0.1) is 4.92 Å². The first-order valence-corrected chi connectivity index (χ1v) is 6.65. The van der Waals surface area contributed by atoms with Gasteiger partial charge in [-0.25, -0.2) is 4.39 Å². The van der Waals surface area contributed by atoms with Gasteiger partial charge in [-0.1, -0.05) is 27.5 Å². The van der Waals surface area contributed by atoms with E-state index >= 15 is 0 Å². The number of rotatable bonds is 4. The lowest BCUT2D eigenvalue weighted by Crippen LogP contribution is -1.99. The average Bonchev–Trinajstić information content (AvgIpc) is 2.39. The number of nitro benzene ring substituents is 1. The second kappa shape index (κ2) is 6.19. The highest BCUT2D eigenvalue weighted by atomic mass is 79.9. The molecule has 0 N–H and O–H groups in total. The minimum absolute atomic E-state index is 0.000582. The van der Waals surface area contributed by atoms with Crippen LogP contribution >= 0.6 is 27.5 Å². The van der Waals surface area contributed by atoms with Gasteiger partial charge in [-0.15, -0.1) is 0 Å². The fourth-order valence-electron chi connectivity index (χ4n) is 1.54. The van der Waals surface area contributed by atoms with Crippen molar-refractivity contribution in [3.8, 4) is 5.75 Å². The van der Waals surface area contributed by atoms with Gasteiger partial charge in [0.25, 0.3) is 5.69 Å². The number of hydrogen-bond donors (Lipinski definition) is 0. The summed E-state index contributed by atoms with van der Waals surface area (Å²) >= 11 is 9.00. The third kappa shape index (κ3) is 3.46. The summed E-state index contributed by atoms with van der Waals surface area (Å²) in [6.07, 6.45) is 0. The predicted molar refractivity (Wildman–Crippen MR) is 76.5 cm³/mol.